The zero-order valence-electron chi connectivity index (χ0n) is 6.31. The Bertz CT molecular complexity index is 110. The highest BCUT2D eigenvalue weighted by Crippen LogP contribution is 2.05. The summed E-state index contributed by atoms with van der Waals surface area (Å²) in [5.74, 6) is 5.01. The number of thioether (sulfide) groups is 1. The summed E-state index contributed by atoms with van der Waals surface area (Å²) < 4.78 is 0. The standard InChI is InChI=1S/C9H14S/c1-3-5-7-9-10-8-6-4-2/h1,4H,2,5-9H2. The van der Waals surface area contributed by atoms with Gasteiger partial charge >= 0.3 is 0 Å². The zero-order chi connectivity index (χ0) is 7.66. The fourth-order valence-electron chi connectivity index (χ4n) is 0.545. The van der Waals surface area contributed by atoms with Crippen molar-refractivity contribution in [2.45, 2.75) is 19.3 Å². The normalized spacial score (nSPS) is 8.70. The molecule has 0 amide bonds. The second-order valence-corrected chi connectivity index (χ2v) is 3.22. The van der Waals surface area contributed by atoms with Crippen LogP contribution in [0.5, 0.6) is 0 Å². The van der Waals surface area contributed by atoms with Gasteiger partial charge in [0.05, 0.1) is 0 Å². The molecule has 0 unspecified atom stereocenters. The SMILES string of the molecule is C#CCCCSCCC=C. The topological polar surface area (TPSA) is 0 Å². The van der Waals surface area contributed by atoms with Gasteiger partial charge < -0.3 is 0 Å². The van der Waals surface area contributed by atoms with Gasteiger partial charge in [-0.05, 0) is 24.3 Å². The van der Waals surface area contributed by atoms with E-state index in [2.05, 4.69) is 12.5 Å². The van der Waals surface area contributed by atoms with E-state index in [0.717, 1.165) is 19.3 Å². The van der Waals surface area contributed by atoms with Crippen molar-refractivity contribution in [1.82, 2.24) is 0 Å². The summed E-state index contributed by atoms with van der Waals surface area (Å²) in [6.07, 6.45) is 10.2. The maximum Gasteiger partial charge on any atom is 0.00939 e. The number of hydrogen-bond acceptors (Lipinski definition) is 1. The highest BCUT2D eigenvalue weighted by Gasteiger charge is 1.85. The number of unbranched alkanes of at least 4 members (excludes halogenated alkanes) is 1. The number of allylic oxidation sites excluding steroid dienone is 1. The van der Waals surface area contributed by atoms with Gasteiger partial charge in [0.1, 0.15) is 0 Å². The largest absolute Gasteiger partial charge is 0.162 e. The molecule has 1 heteroatoms. The van der Waals surface area contributed by atoms with Crippen LogP contribution in [-0.4, -0.2) is 11.5 Å². The summed E-state index contributed by atoms with van der Waals surface area (Å²) in [5, 5.41) is 0. The smallest absolute Gasteiger partial charge is 0.00939 e. The van der Waals surface area contributed by atoms with E-state index >= 15 is 0 Å². The van der Waals surface area contributed by atoms with Crippen LogP contribution in [-0.2, 0) is 0 Å². The molecular formula is C9H14S. The summed E-state index contributed by atoms with van der Waals surface area (Å²) in [4.78, 5) is 0. The molecule has 0 aromatic carbocycles. The van der Waals surface area contributed by atoms with Crippen molar-refractivity contribution in [3.8, 4) is 12.3 Å². The molecule has 0 atom stereocenters. The first-order valence-corrected chi connectivity index (χ1v) is 4.69. The molecule has 56 valence electrons. The van der Waals surface area contributed by atoms with E-state index < -0.39 is 0 Å². The van der Waals surface area contributed by atoms with E-state index in [1.165, 1.54) is 11.5 Å². The quantitative estimate of drug-likeness (QED) is 0.322. The molecule has 0 aliphatic carbocycles. The minimum absolute atomic E-state index is 0.918. The number of terminal acetylenes is 1. The molecule has 0 nitrogen and oxygen atoms in total. The lowest BCUT2D eigenvalue weighted by molar-refractivity contribution is 0.996. The second-order valence-electron chi connectivity index (χ2n) is 2.00. The van der Waals surface area contributed by atoms with Crippen molar-refractivity contribution in [2.75, 3.05) is 11.5 Å². The number of rotatable bonds is 6. The molecule has 0 fully saturated rings. The van der Waals surface area contributed by atoms with Gasteiger partial charge in [-0.3, -0.25) is 0 Å². The van der Waals surface area contributed by atoms with E-state index in [0.29, 0.717) is 0 Å². The molecule has 0 saturated heterocycles. The van der Waals surface area contributed by atoms with Crippen LogP contribution < -0.4 is 0 Å². The molecule has 0 heterocycles. The van der Waals surface area contributed by atoms with E-state index in [4.69, 9.17) is 6.42 Å². The lowest BCUT2D eigenvalue weighted by atomic mass is 10.4. The minimum atomic E-state index is 0.918. The average Bonchev–Trinajstić information content (AvgIpc) is 1.97. The molecule has 0 aliphatic rings. The Balaban J connectivity index is 2.78. The van der Waals surface area contributed by atoms with Gasteiger partial charge in [0.2, 0.25) is 0 Å². The molecule has 0 aromatic rings. The highest BCUT2D eigenvalue weighted by molar-refractivity contribution is 7.99. The van der Waals surface area contributed by atoms with E-state index in [1.54, 1.807) is 0 Å². The molecule has 0 N–H and O–H groups in total. The lowest BCUT2D eigenvalue weighted by Crippen LogP contribution is -1.80. The van der Waals surface area contributed by atoms with Crippen molar-refractivity contribution < 1.29 is 0 Å². The maximum absolute atomic E-state index is 5.09. The Morgan fingerprint density at radius 1 is 1.50 bits per heavy atom. The van der Waals surface area contributed by atoms with Crippen LogP contribution in [0.3, 0.4) is 0 Å². The fourth-order valence-corrected chi connectivity index (χ4v) is 1.43. The molecule has 0 aliphatic heterocycles. The molecular weight excluding hydrogens is 140 g/mol. The summed E-state index contributed by atoms with van der Waals surface area (Å²) in [5.41, 5.74) is 0. The Hall–Kier alpha value is -0.350. The molecule has 0 saturated carbocycles. The fraction of sp³-hybridized carbons (Fsp3) is 0.556. The maximum atomic E-state index is 5.09. The van der Waals surface area contributed by atoms with Gasteiger partial charge in [-0.25, -0.2) is 0 Å². The van der Waals surface area contributed by atoms with Crippen LogP contribution >= 0.6 is 11.8 Å². The first kappa shape index (κ1) is 9.65. The van der Waals surface area contributed by atoms with Gasteiger partial charge in [0.25, 0.3) is 0 Å². The van der Waals surface area contributed by atoms with Gasteiger partial charge in [-0.2, -0.15) is 11.8 Å². The van der Waals surface area contributed by atoms with Crippen molar-refractivity contribution >= 4 is 11.8 Å². The zero-order valence-corrected chi connectivity index (χ0v) is 7.12. The van der Waals surface area contributed by atoms with Crippen LogP contribution in [0.1, 0.15) is 19.3 Å². The Morgan fingerprint density at radius 2 is 2.30 bits per heavy atom. The monoisotopic (exact) mass is 154 g/mol. The Morgan fingerprint density at radius 3 is 2.90 bits per heavy atom. The van der Waals surface area contributed by atoms with Crippen molar-refractivity contribution in [2.24, 2.45) is 0 Å². The third kappa shape index (κ3) is 7.65. The average molecular weight is 154 g/mol. The van der Waals surface area contributed by atoms with Crippen LogP contribution in [0.25, 0.3) is 0 Å². The highest BCUT2D eigenvalue weighted by atomic mass is 32.2. The molecule has 0 rings (SSSR count). The molecule has 10 heavy (non-hydrogen) atoms. The van der Waals surface area contributed by atoms with Crippen LogP contribution in [0.15, 0.2) is 12.7 Å². The molecule has 0 bridgehead atoms. The summed E-state index contributed by atoms with van der Waals surface area (Å²) >= 11 is 1.95. The molecule has 0 radical (unpaired) electrons. The van der Waals surface area contributed by atoms with Crippen molar-refractivity contribution in [1.29, 1.82) is 0 Å². The third-order valence-corrected chi connectivity index (χ3v) is 2.18. The van der Waals surface area contributed by atoms with E-state index in [9.17, 15) is 0 Å². The number of hydrogen-bond donors (Lipinski definition) is 0. The minimum Gasteiger partial charge on any atom is -0.162 e. The van der Waals surface area contributed by atoms with Crippen molar-refractivity contribution in [3.05, 3.63) is 12.7 Å². The summed E-state index contributed by atoms with van der Waals surface area (Å²) in [7, 11) is 0. The van der Waals surface area contributed by atoms with E-state index in [1.807, 2.05) is 17.8 Å². The van der Waals surface area contributed by atoms with Gasteiger partial charge in [0.15, 0.2) is 0 Å². The molecule has 0 spiro atoms. The van der Waals surface area contributed by atoms with Gasteiger partial charge in [0, 0.05) is 6.42 Å². The van der Waals surface area contributed by atoms with Crippen LogP contribution in [0, 0.1) is 12.3 Å². The third-order valence-electron chi connectivity index (χ3n) is 1.08. The second kappa shape index (κ2) is 8.65. The summed E-state index contributed by atoms with van der Waals surface area (Å²) in [6.45, 7) is 3.65. The first-order chi connectivity index (χ1) is 4.91. The predicted molar refractivity (Wildman–Crippen MR) is 50.2 cm³/mol. The van der Waals surface area contributed by atoms with Crippen LogP contribution in [0.4, 0.5) is 0 Å². The Kier molecular flexibility index (Phi) is 8.35. The van der Waals surface area contributed by atoms with Crippen LogP contribution in [0.2, 0.25) is 0 Å². The summed E-state index contributed by atoms with van der Waals surface area (Å²) in [6, 6.07) is 0. The molecule has 0 aromatic heterocycles. The lowest BCUT2D eigenvalue weighted by Gasteiger charge is -1.94. The van der Waals surface area contributed by atoms with Gasteiger partial charge in [-0.15, -0.1) is 18.9 Å². The van der Waals surface area contributed by atoms with E-state index in [-0.39, 0.29) is 0 Å². The van der Waals surface area contributed by atoms with Gasteiger partial charge in [-0.1, -0.05) is 6.08 Å². The first-order valence-electron chi connectivity index (χ1n) is 3.54. The Labute approximate surface area is 68.1 Å². The van der Waals surface area contributed by atoms with Crippen molar-refractivity contribution in [3.63, 3.8) is 0 Å². The predicted octanol–water partition coefficient (Wildman–Crippen LogP) is 2.71.